The Bertz CT molecular complexity index is 841. The molecular weight excluding hydrogens is 398 g/mol. The fraction of sp³-hybridized carbons (Fsp3) is 0.421. The normalized spacial score (nSPS) is 24.6. The highest BCUT2D eigenvalue weighted by atomic mass is 79.9. The minimum absolute atomic E-state index is 0.282. The molecule has 0 unspecified atom stereocenters. The molecule has 1 saturated heterocycles. The molecule has 1 spiro atoms. The first kappa shape index (κ1) is 15.9. The van der Waals surface area contributed by atoms with Gasteiger partial charge in [-0.3, -0.25) is 0 Å². The van der Waals surface area contributed by atoms with Crippen LogP contribution in [0.2, 0.25) is 0 Å². The Morgan fingerprint density at radius 1 is 1.20 bits per heavy atom. The van der Waals surface area contributed by atoms with Crippen LogP contribution >= 0.6 is 27.3 Å². The Kier molecular flexibility index (Phi) is 3.69. The lowest BCUT2D eigenvalue weighted by Crippen LogP contribution is -2.58. The number of halogens is 1. The number of likely N-dealkylation sites (tertiary alicyclic amines) is 1. The van der Waals surface area contributed by atoms with Gasteiger partial charge in [-0.25, -0.2) is 5.01 Å². The molecule has 6 heteroatoms. The molecule has 25 heavy (non-hydrogen) atoms. The Balaban J connectivity index is 1.58. The highest BCUT2D eigenvalue weighted by molar-refractivity contribution is 9.11. The van der Waals surface area contributed by atoms with Crippen molar-refractivity contribution in [3.63, 3.8) is 0 Å². The van der Waals surface area contributed by atoms with Crippen molar-refractivity contribution in [2.24, 2.45) is 5.10 Å². The van der Waals surface area contributed by atoms with Crippen molar-refractivity contribution in [3.8, 4) is 5.75 Å². The van der Waals surface area contributed by atoms with Crippen LogP contribution < -0.4 is 4.74 Å². The molecule has 1 atom stereocenters. The number of thiophene rings is 1. The number of nitrogens with zero attached hydrogens (tertiary/aromatic N) is 3. The third kappa shape index (κ3) is 2.54. The fourth-order valence-corrected chi connectivity index (χ4v) is 5.53. The van der Waals surface area contributed by atoms with Crippen LogP contribution in [0.4, 0.5) is 0 Å². The number of hydrogen-bond acceptors (Lipinski definition) is 5. The Hall–Kier alpha value is -1.37. The van der Waals surface area contributed by atoms with E-state index in [0.29, 0.717) is 0 Å². The van der Waals surface area contributed by atoms with E-state index in [4.69, 9.17) is 9.84 Å². The standard InChI is InChI=1S/C19H20BrN3OS/c1-22-10-8-19(9-11-22)23-15(13-4-2-3-5-16(13)24-19)12-14(21-23)17-6-7-18(20)25-17/h2-7,15H,8-12H2,1H3/t15-/m0/s1. The van der Waals surface area contributed by atoms with Crippen molar-refractivity contribution in [1.82, 2.24) is 9.91 Å². The summed E-state index contributed by atoms with van der Waals surface area (Å²) in [5.74, 6) is 1.04. The van der Waals surface area contributed by atoms with E-state index in [1.165, 1.54) is 16.2 Å². The molecule has 0 bridgehead atoms. The monoisotopic (exact) mass is 417 g/mol. The van der Waals surface area contributed by atoms with Crippen LogP contribution in [-0.4, -0.2) is 41.5 Å². The second kappa shape index (κ2) is 5.83. The predicted molar refractivity (Wildman–Crippen MR) is 104 cm³/mol. The maximum absolute atomic E-state index is 6.60. The van der Waals surface area contributed by atoms with Crippen molar-refractivity contribution in [2.45, 2.75) is 31.0 Å². The summed E-state index contributed by atoms with van der Waals surface area (Å²) in [4.78, 5) is 3.63. The summed E-state index contributed by atoms with van der Waals surface area (Å²) in [5.41, 5.74) is 2.14. The minimum Gasteiger partial charge on any atom is -0.466 e. The van der Waals surface area contributed by atoms with Crippen LogP contribution in [0.5, 0.6) is 5.75 Å². The van der Waals surface area contributed by atoms with Gasteiger partial charge in [-0.2, -0.15) is 5.10 Å². The van der Waals surface area contributed by atoms with E-state index in [9.17, 15) is 0 Å². The largest absolute Gasteiger partial charge is 0.466 e. The average molecular weight is 418 g/mol. The molecule has 1 aromatic heterocycles. The lowest BCUT2D eigenvalue weighted by molar-refractivity contribution is -0.147. The van der Waals surface area contributed by atoms with E-state index in [1.807, 2.05) is 0 Å². The van der Waals surface area contributed by atoms with Crippen LogP contribution in [0.15, 0.2) is 45.3 Å². The summed E-state index contributed by atoms with van der Waals surface area (Å²) in [6.07, 6.45) is 2.92. The number of para-hydroxylation sites is 1. The number of rotatable bonds is 1. The van der Waals surface area contributed by atoms with Gasteiger partial charge in [0.15, 0.2) is 0 Å². The number of hydrazone groups is 1. The molecular formula is C19H20BrN3OS. The second-order valence-corrected chi connectivity index (χ2v) is 9.57. The van der Waals surface area contributed by atoms with Gasteiger partial charge in [-0.1, -0.05) is 18.2 Å². The second-order valence-electron chi connectivity index (χ2n) is 7.10. The third-order valence-corrected chi connectivity index (χ3v) is 7.20. The summed E-state index contributed by atoms with van der Waals surface area (Å²) in [6, 6.07) is 13.0. The summed E-state index contributed by atoms with van der Waals surface area (Å²) in [6.45, 7) is 2.08. The molecule has 5 rings (SSSR count). The van der Waals surface area contributed by atoms with Gasteiger partial charge in [0.2, 0.25) is 5.72 Å². The maximum Gasteiger partial charge on any atom is 0.200 e. The molecule has 130 valence electrons. The molecule has 0 aliphatic carbocycles. The SMILES string of the molecule is CN1CCC2(CC1)Oc1ccccc1[C@@H]1CC(c3ccc(Br)s3)=NN12. The van der Waals surface area contributed by atoms with Crippen LogP contribution in [0.3, 0.4) is 0 Å². The zero-order valence-corrected chi connectivity index (χ0v) is 16.5. The van der Waals surface area contributed by atoms with Gasteiger partial charge in [-0.05, 0) is 41.2 Å². The fourth-order valence-electron chi connectivity index (χ4n) is 4.15. The quantitative estimate of drug-likeness (QED) is 0.684. The smallest absolute Gasteiger partial charge is 0.200 e. The van der Waals surface area contributed by atoms with Gasteiger partial charge in [-0.15, -0.1) is 11.3 Å². The molecule has 0 N–H and O–H groups in total. The van der Waals surface area contributed by atoms with Crippen molar-refractivity contribution in [2.75, 3.05) is 20.1 Å². The minimum atomic E-state index is -0.304. The number of ether oxygens (including phenoxy) is 1. The van der Waals surface area contributed by atoms with E-state index in [1.54, 1.807) is 11.3 Å². The first-order valence-electron chi connectivity index (χ1n) is 8.74. The van der Waals surface area contributed by atoms with Gasteiger partial charge in [0.1, 0.15) is 5.75 Å². The van der Waals surface area contributed by atoms with Gasteiger partial charge in [0.25, 0.3) is 0 Å². The molecule has 4 nitrogen and oxygen atoms in total. The Morgan fingerprint density at radius 2 is 2.00 bits per heavy atom. The summed E-state index contributed by atoms with van der Waals surface area (Å²) in [5, 5.41) is 7.37. The van der Waals surface area contributed by atoms with Gasteiger partial charge in [0.05, 0.1) is 20.4 Å². The van der Waals surface area contributed by atoms with Crippen LogP contribution in [0.1, 0.15) is 35.7 Å². The van der Waals surface area contributed by atoms with Crippen LogP contribution in [0.25, 0.3) is 0 Å². The highest BCUT2D eigenvalue weighted by Crippen LogP contribution is 2.50. The molecule has 0 amide bonds. The number of hydrogen-bond donors (Lipinski definition) is 0. The molecule has 2 aromatic rings. The van der Waals surface area contributed by atoms with E-state index in [2.05, 4.69) is 69.3 Å². The molecule has 0 saturated carbocycles. The van der Waals surface area contributed by atoms with E-state index < -0.39 is 0 Å². The van der Waals surface area contributed by atoms with Crippen molar-refractivity contribution < 1.29 is 4.74 Å². The number of piperidine rings is 1. The molecule has 4 heterocycles. The number of fused-ring (bicyclic) bond motifs is 4. The van der Waals surface area contributed by atoms with E-state index in [-0.39, 0.29) is 11.8 Å². The molecule has 3 aliphatic rings. The third-order valence-electron chi connectivity index (χ3n) is 5.53. The Morgan fingerprint density at radius 3 is 2.76 bits per heavy atom. The molecule has 1 aromatic carbocycles. The highest BCUT2D eigenvalue weighted by Gasteiger charge is 2.51. The summed E-state index contributed by atoms with van der Waals surface area (Å²) >= 11 is 5.34. The summed E-state index contributed by atoms with van der Waals surface area (Å²) in [7, 11) is 2.18. The van der Waals surface area contributed by atoms with Gasteiger partial charge >= 0.3 is 0 Å². The van der Waals surface area contributed by atoms with Gasteiger partial charge in [0, 0.05) is 37.9 Å². The average Bonchev–Trinajstić information content (AvgIpc) is 3.25. The lowest BCUT2D eigenvalue weighted by atomic mass is 9.91. The predicted octanol–water partition coefficient (Wildman–Crippen LogP) is 4.48. The van der Waals surface area contributed by atoms with E-state index >= 15 is 0 Å². The van der Waals surface area contributed by atoms with Crippen LogP contribution in [-0.2, 0) is 0 Å². The zero-order valence-electron chi connectivity index (χ0n) is 14.1. The summed E-state index contributed by atoms with van der Waals surface area (Å²) < 4.78 is 7.75. The molecule has 3 aliphatic heterocycles. The van der Waals surface area contributed by atoms with Crippen molar-refractivity contribution in [1.29, 1.82) is 0 Å². The first-order valence-corrected chi connectivity index (χ1v) is 10.3. The van der Waals surface area contributed by atoms with Crippen molar-refractivity contribution >= 4 is 33.0 Å². The zero-order chi connectivity index (χ0) is 17.0. The lowest BCUT2D eigenvalue weighted by Gasteiger charge is -2.50. The van der Waals surface area contributed by atoms with Gasteiger partial charge < -0.3 is 9.64 Å². The van der Waals surface area contributed by atoms with Crippen LogP contribution in [0, 0.1) is 0 Å². The molecule has 0 radical (unpaired) electrons. The van der Waals surface area contributed by atoms with E-state index in [0.717, 1.165) is 41.9 Å². The Labute approximate surface area is 160 Å². The first-order chi connectivity index (χ1) is 12.1. The molecule has 1 fully saturated rings. The number of benzene rings is 1. The van der Waals surface area contributed by atoms with Crippen molar-refractivity contribution in [3.05, 3.63) is 50.6 Å². The maximum atomic E-state index is 6.60. The topological polar surface area (TPSA) is 28.1 Å².